The van der Waals surface area contributed by atoms with Gasteiger partial charge in [-0.15, -0.1) is 0 Å². The number of amides is 1. The van der Waals surface area contributed by atoms with Crippen LogP contribution in [-0.4, -0.2) is 42.8 Å². The smallest absolute Gasteiger partial charge is 0.262 e. The normalized spacial score (nSPS) is 14.1. The van der Waals surface area contributed by atoms with E-state index in [1.807, 2.05) is 0 Å². The largest absolute Gasteiger partial charge is 0.497 e. The van der Waals surface area contributed by atoms with E-state index in [4.69, 9.17) is 18.9 Å². The van der Waals surface area contributed by atoms with Gasteiger partial charge in [0.2, 0.25) is 0 Å². The van der Waals surface area contributed by atoms with E-state index in [-0.39, 0.29) is 16.6 Å². The molecule has 3 aromatic carbocycles. The van der Waals surface area contributed by atoms with E-state index in [1.165, 1.54) is 39.2 Å². The number of carbonyl (C=O) groups excluding carboxylic acids is 1. The fraction of sp³-hybridized carbons (Fsp3) is 0.192. The number of sulfone groups is 1. The highest BCUT2D eigenvalue weighted by Crippen LogP contribution is 2.42. The van der Waals surface area contributed by atoms with Crippen molar-refractivity contribution in [2.24, 2.45) is 0 Å². The Kier molecular flexibility index (Phi) is 7.46. The molecule has 0 radical (unpaired) electrons. The molecule has 0 atom stereocenters. The molecule has 1 heterocycles. The number of thioether (sulfide) groups is 1. The van der Waals surface area contributed by atoms with Gasteiger partial charge in [-0.05, 0) is 48.5 Å². The second-order valence-electron chi connectivity index (χ2n) is 7.73. The topological polar surface area (TPSA) is 100 Å². The van der Waals surface area contributed by atoms with Crippen molar-refractivity contribution in [1.82, 2.24) is 0 Å². The maximum Gasteiger partial charge on any atom is 0.262 e. The summed E-state index contributed by atoms with van der Waals surface area (Å²) in [5, 5.41) is 2.83. The molecule has 0 fully saturated rings. The van der Waals surface area contributed by atoms with Crippen LogP contribution in [0.1, 0.15) is 11.1 Å². The van der Waals surface area contributed by atoms with Crippen LogP contribution in [0.15, 0.2) is 69.3 Å². The predicted octanol–water partition coefficient (Wildman–Crippen LogP) is 4.78. The fourth-order valence-corrected chi connectivity index (χ4v) is 6.21. The van der Waals surface area contributed by atoms with Gasteiger partial charge in [-0.25, -0.2) is 8.42 Å². The second-order valence-corrected chi connectivity index (χ2v) is 10.8. The molecule has 1 amide bonds. The van der Waals surface area contributed by atoms with Crippen LogP contribution in [0, 0.1) is 0 Å². The molecule has 10 heteroatoms. The van der Waals surface area contributed by atoms with Crippen LogP contribution in [0.25, 0.3) is 6.08 Å². The van der Waals surface area contributed by atoms with Crippen molar-refractivity contribution < 1.29 is 32.2 Å². The van der Waals surface area contributed by atoms with Crippen molar-refractivity contribution >= 4 is 39.3 Å². The highest BCUT2D eigenvalue weighted by atomic mass is 32.2. The Morgan fingerprint density at radius 2 is 1.56 bits per heavy atom. The quantitative estimate of drug-likeness (QED) is 0.418. The minimum atomic E-state index is -3.76. The number of hydrogen-bond donors (Lipinski definition) is 1. The molecule has 0 saturated heterocycles. The number of benzene rings is 3. The zero-order valence-electron chi connectivity index (χ0n) is 20.2. The van der Waals surface area contributed by atoms with Crippen molar-refractivity contribution in [3.63, 3.8) is 0 Å². The SMILES string of the molecule is COc1ccc(C=C2Sc3cc(S(=O)(=O)Cc4c(OC)cccc4OC)ccc3NC2=O)c(OC)c1. The van der Waals surface area contributed by atoms with Gasteiger partial charge in [0.25, 0.3) is 5.91 Å². The molecule has 4 rings (SSSR count). The number of fused-ring (bicyclic) bond motifs is 1. The molecule has 1 aliphatic rings. The first-order valence-electron chi connectivity index (χ1n) is 10.8. The van der Waals surface area contributed by atoms with E-state index in [1.54, 1.807) is 61.7 Å². The van der Waals surface area contributed by atoms with Crippen molar-refractivity contribution in [2.45, 2.75) is 15.5 Å². The van der Waals surface area contributed by atoms with Gasteiger partial charge >= 0.3 is 0 Å². The molecule has 1 aliphatic heterocycles. The maximum atomic E-state index is 13.4. The Morgan fingerprint density at radius 1 is 0.861 bits per heavy atom. The average molecular weight is 528 g/mol. The van der Waals surface area contributed by atoms with Crippen LogP contribution >= 0.6 is 11.8 Å². The summed E-state index contributed by atoms with van der Waals surface area (Å²) in [6.45, 7) is 0. The number of carbonyl (C=O) groups is 1. The lowest BCUT2D eigenvalue weighted by Gasteiger charge is -2.20. The molecule has 0 unspecified atom stereocenters. The van der Waals surface area contributed by atoms with Crippen LogP contribution in [0.4, 0.5) is 5.69 Å². The van der Waals surface area contributed by atoms with Gasteiger partial charge in [-0.2, -0.15) is 0 Å². The van der Waals surface area contributed by atoms with Crippen LogP contribution in [-0.2, 0) is 20.4 Å². The Bertz CT molecular complexity index is 1430. The summed E-state index contributed by atoms with van der Waals surface area (Å²) >= 11 is 1.19. The summed E-state index contributed by atoms with van der Waals surface area (Å²) in [6.07, 6.45) is 1.70. The summed E-state index contributed by atoms with van der Waals surface area (Å²) in [5.74, 6) is 1.43. The lowest BCUT2D eigenvalue weighted by Crippen LogP contribution is -2.18. The summed E-state index contributed by atoms with van der Waals surface area (Å²) in [7, 11) is 2.30. The Morgan fingerprint density at radius 3 is 2.19 bits per heavy atom. The zero-order valence-corrected chi connectivity index (χ0v) is 21.8. The standard InChI is InChI=1S/C26H25NO7S2/c1-31-17-9-8-16(23(13-17)34-4)12-25-26(28)27-20-11-10-18(14-24(20)35-25)36(29,30)15-19-21(32-2)6-5-7-22(19)33-3/h5-14H,15H2,1-4H3,(H,27,28). The third-order valence-corrected chi connectivity index (χ3v) is 8.32. The van der Waals surface area contributed by atoms with Crippen molar-refractivity contribution in [3.05, 3.63) is 70.6 Å². The molecule has 8 nitrogen and oxygen atoms in total. The molecule has 0 saturated carbocycles. The van der Waals surface area contributed by atoms with Crippen LogP contribution < -0.4 is 24.3 Å². The molecule has 1 N–H and O–H groups in total. The lowest BCUT2D eigenvalue weighted by atomic mass is 10.1. The number of ether oxygens (including phenoxy) is 4. The molecule has 0 bridgehead atoms. The number of anilines is 1. The molecule has 188 valence electrons. The molecule has 0 aromatic heterocycles. The van der Waals surface area contributed by atoms with Gasteiger partial charge in [-0.3, -0.25) is 4.79 Å². The summed E-state index contributed by atoms with van der Waals surface area (Å²) in [6, 6.07) is 15.0. The number of hydrogen-bond acceptors (Lipinski definition) is 8. The van der Waals surface area contributed by atoms with Crippen LogP contribution in [0.2, 0.25) is 0 Å². The second kappa shape index (κ2) is 10.5. The van der Waals surface area contributed by atoms with Gasteiger partial charge in [-0.1, -0.05) is 17.8 Å². The van der Waals surface area contributed by atoms with Gasteiger partial charge in [0.05, 0.1) is 55.2 Å². The van der Waals surface area contributed by atoms with Crippen LogP contribution in [0.3, 0.4) is 0 Å². The zero-order chi connectivity index (χ0) is 25.9. The van der Waals surface area contributed by atoms with E-state index in [2.05, 4.69) is 5.32 Å². The Hall–Kier alpha value is -3.63. The highest BCUT2D eigenvalue weighted by molar-refractivity contribution is 8.04. The van der Waals surface area contributed by atoms with Crippen molar-refractivity contribution in [1.29, 1.82) is 0 Å². The minimum Gasteiger partial charge on any atom is -0.497 e. The summed E-state index contributed by atoms with van der Waals surface area (Å²) in [5.41, 5.74) is 1.66. The third-order valence-electron chi connectivity index (χ3n) is 5.60. The Balaban J connectivity index is 1.67. The number of rotatable bonds is 8. The molecule has 0 aliphatic carbocycles. The van der Waals surface area contributed by atoms with Gasteiger partial charge in [0.1, 0.15) is 23.0 Å². The van der Waals surface area contributed by atoms with Gasteiger partial charge in [0.15, 0.2) is 9.84 Å². The molecular formula is C26H25NO7S2. The minimum absolute atomic E-state index is 0.124. The first-order valence-corrected chi connectivity index (χ1v) is 13.3. The third kappa shape index (κ3) is 5.14. The van der Waals surface area contributed by atoms with E-state index >= 15 is 0 Å². The summed E-state index contributed by atoms with van der Waals surface area (Å²) in [4.78, 5) is 13.9. The molecule has 3 aromatic rings. The average Bonchev–Trinajstić information content (AvgIpc) is 2.88. The number of nitrogens with one attached hydrogen (secondary N) is 1. The number of methoxy groups -OCH3 is 4. The van der Waals surface area contributed by atoms with Crippen molar-refractivity contribution in [2.75, 3.05) is 33.8 Å². The van der Waals surface area contributed by atoms with Crippen molar-refractivity contribution in [3.8, 4) is 23.0 Å². The van der Waals surface area contributed by atoms with E-state index in [0.717, 1.165) is 0 Å². The summed E-state index contributed by atoms with van der Waals surface area (Å²) < 4.78 is 48.1. The first kappa shape index (κ1) is 25.5. The molecule has 0 spiro atoms. The highest BCUT2D eigenvalue weighted by Gasteiger charge is 2.26. The predicted molar refractivity (Wildman–Crippen MR) is 139 cm³/mol. The van der Waals surface area contributed by atoms with E-state index in [9.17, 15) is 13.2 Å². The van der Waals surface area contributed by atoms with Gasteiger partial charge < -0.3 is 24.3 Å². The lowest BCUT2D eigenvalue weighted by molar-refractivity contribution is -0.112. The molecule has 36 heavy (non-hydrogen) atoms. The maximum absolute atomic E-state index is 13.4. The first-order chi connectivity index (χ1) is 17.3. The van der Waals surface area contributed by atoms with E-state index < -0.39 is 9.84 Å². The van der Waals surface area contributed by atoms with Gasteiger partial charge in [0, 0.05) is 16.5 Å². The molecular weight excluding hydrogens is 502 g/mol. The van der Waals surface area contributed by atoms with E-state index in [0.29, 0.717) is 49.6 Å². The monoisotopic (exact) mass is 527 g/mol. The van der Waals surface area contributed by atoms with Crippen LogP contribution in [0.5, 0.6) is 23.0 Å². The Labute approximate surface area is 214 Å². The fourth-order valence-electron chi connectivity index (χ4n) is 3.75.